The highest BCUT2D eigenvalue weighted by Crippen LogP contribution is 2.36. The first-order valence-corrected chi connectivity index (χ1v) is 15.7. The molecule has 1 aliphatic heterocycles. The molecule has 1 aliphatic rings. The highest BCUT2D eigenvalue weighted by Gasteiger charge is 2.32. The maximum absolute atomic E-state index is 14.1. The van der Waals surface area contributed by atoms with Gasteiger partial charge in [0.15, 0.2) is 17.9 Å². The van der Waals surface area contributed by atoms with Crippen molar-refractivity contribution in [1.29, 1.82) is 0 Å². The van der Waals surface area contributed by atoms with E-state index in [-0.39, 0.29) is 23.0 Å². The zero-order chi connectivity index (χ0) is 32.3. The topological polar surface area (TPSA) is 114 Å². The Morgan fingerprint density at radius 3 is 2.37 bits per heavy atom. The van der Waals surface area contributed by atoms with E-state index in [9.17, 15) is 9.59 Å². The van der Waals surface area contributed by atoms with Gasteiger partial charge in [-0.3, -0.25) is 10.1 Å². The molecule has 236 valence electrons. The van der Waals surface area contributed by atoms with Crippen LogP contribution < -0.4 is 16.0 Å². The van der Waals surface area contributed by atoms with Gasteiger partial charge in [-0.1, -0.05) is 74.9 Å². The second-order valence-corrected chi connectivity index (χ2v) is 13.0. The number of nitrogens with one attached hydrogen (secondary N) is 3. The molecule has 0 aliphatic carbocycles. The van der Waals surface area contributed by atoms with Crippen LogP contribution in [0.4, 0.5) is 16.3 Å². The summed E-state index contributed by atoms with van der Waals surface area (Å²) in [6.45, 7) is 10.0. The Hall–Kier alpha value is -5.02. The van der Waals surface area contributed by atoms with Gasteiger partial charge in [0.1, 0.15) is 5.82 Å². The number of rotatable bonds is 8. The van der Waals surface area contributed by atoms with Crippen molar-refractivity contribution in [2.45, 2.75) is 51.9 Å². The van der Waals surface area contributed by atoms with Gasteiger partial charge in [-0.05, 0) is 68.6 Å². The fourth-order valence-corrected chi connectivity index (χ4v) is 5.96. The zero-order valence-electron chi connectivity index (χ0n) is 26.7. The lowest BCUT2D eigenvalue weighted by atomic mass is 9.76. The summed E-state index contributed by atoms with van der Waals surface area (Å²) in [6, 6.07) is 24.7. The van der Waals surface area contributed by atoms with Gasteiger partial charge in [0, 0.05) is 28.3 Å². The van der Waals surface area contributed by atoms with Gasteiger partial charge in [-0.2, -0.15) is 5.10 Å². The molecule has 1 fully saturated rings. The summed E-state index contributed by atoms with van der Waals surface area (Å²) >= 11 is 0. The third kappa shape index (κ3) is 6.94. The predicted octanol–water partition coefficient (Wildman–Crippen LogP) is 7.74. The number of amides is 2. The number of hydrogen-bond acceptors (Lipinski definition) is 6. The van der Waals surface area contributed by atoms with E-state index in [1.54, 1.807) is 10.9 Å². The van der Waals surface area contributed by atoms with E-state index in [4.69, 9.17) is 9.52 Å². The average Bonchev–Trinajstić information content (AvgIpc) is 3.74. The minimum Gasteiger partial charge on any atom is -0.444 e. The monoisotopic (exact) mass is 616 g/mol. The summed E-state index contributed by atoms with van der Waals surface area (Å²) in [5.41, 5.74) is 5.66. The highest BCUT2D eigenvalue weighted by atomic mass is 16.3. The van der Waals surface area contributed by atoms with Crippen LogP contribution in [0.25, 0.3) is 17.0 Å². The Morgan fingerprint density at radius 2 is 1.70 bits per heavy atom. The number of hydrogen-bond donors (Lipinski definition) is 3. The van der Waals surface area contributed by atoms with Gasteiger partial charge < -0.3 is 15.1 Å². The molecule has 3 N–H and O–H groups in total. The third-order valence-electron chi connectivity index (χ3n) is 8.53. The average molecular weight is 617 g/mol. The molecule has 9 heteroatoms. The molecule has 0 spiro atoms. The van der Waals surface area contributed by atoms with Crippen LogP contribution in [0, 0.1) is 12.8 Å². The van der Waals surface area contributed by atoms with Crippen LogP contribution >= 0.6 is 0 Å². The summed E-state index contributed by atoms with van der Waals surface area (Å²) in [6.07, 6.45) is 4.83. The Labute approximate surface area is 269 Å². The predicted molar refractivity (Wildman–Crippen MR) is 181 cm³/mol. The van der Waals surface area contributed by atoms with Gasteiger partial charge in [0.05, 0.1) is 23.5 Å². The van der Waals surface area contributed by atoms with Crippen molar-refractivity contribution >= 4 is 23.3 Å². The van der Waals surface area contributed by atoms with E-state index in [1.807, 2.05) is 85.8 Å². The third-order valence-corrected chi connectivity index (χ3v) is 8.53. The van der Waals surface area contributed by atoms with Crippen LogP contribution in [0.1, 0.15) is 66.7 Å². The molecule has 1 unspecified atom stereocenters. The van der Waals surface area contributed by atoms with Crippen LogP contribution in [0.5, 0.6) is 0 Å². The first kappa shape index (κ1) is 31.0. The molecule has 9 nitrogen and oxygen atoms in total. The lowest BCUT2D eigenvalue weighted by molar-refractivity contribution is 0.0916. The standard InChI is InChI=1S/C37H40N6O3/c1-24-8-14-30(15-9-24)43-33(21-32(42-43)37(2,3)4)41-36(45)40-29-7-5-6-28(20-29)34(26-16-18-38-19-17-26)35(44)27-12-10-25(11-13-27)31-22-39-23-46-31/h5-15,20-23,26,34,38H,16-19H2,1-4H3,(H2,40,41,45). The summed E-state index contributed by atoms with van der Waals surface area (Å²) in [5, 5.41) is 14.2. The van der Waals surface area contributed by atoms with E-state index in [0.29, 0.717) is 22.8 Å². The molecular weight excluding hydrogens is 576 g/mol. The van der Waals surface area contributed by atoms with Crippen LogP contribution in [0.3, 0.4) is 0 Å². The SMILES string of the molecule is Cc1ccc(-n2nc(C(C)(C)C)cc2NC(=O)Nc2cccc(C(C(=O)c3ccc(-c4cnco4)cc3)C3CCNCC3)c2)cc1. The van der Waals surface area contributed by atoms with Crippen molar-refractivity contribution < 1.29 is 14.0 Å². The molecule has 3 heterocycles. The lowest BCUT2D eigenvalue weighted by Crippen LogP contribution is -2.33. The minimum atomic E-state index is -0.390. The quantitative estimate of drug-likeness (QED) is 0.154. The summed E-state index contributed by atoms with van der Waals surface area (Å²) in [5.74, 6) is 1.11. The summed E-state index contributed by atoms with van der Waals surface area (Å²) in [7, 11) is 0. The Bertz CT molecular complexity index is 1800. The number of carbonyl (C=O) groups is 2. The number of urea groups is 1. The summed E-state index contributed by atoms with van der Waals surface area (Å²) in [4.78, 5) is 31.5. The number of anilines is 2. The molecule has 3 aromatic carbocycles. The molecular formula is C37H40N6O3. The van der Waals surface area contributed by atoms with Gasteiger partial charge in [0.25, 0.3) is 0 Å². The lowest BCUT2D eigenvalue weighted by Gasteiger charge is -2.30. The molecule has 0 saturated carbocycles. The van der Waals surface area contributed by atoms with Crippen molar-refractivity contribution in [3.05, 3.63) is 114 Å². The number of Topliss-reactive ketones (excluding diaryl/α,β-unsaturated/α-hetero) is 1. The van der Waals surface area contributed by atoms with E-state index in [0.717, 1.165) is 54.0 Å². The molecule has 1 saturated heterocycles. The molecule has 6 rings (SSSR count). The number of ketones is 1. The largest absolute Gasteiger partial charge is 0.444 e. The fraction of sp³-hybridized carbons (Fsp3) is 0.297. The normalized spacial score (nSPS) is 14.5. The Balaban J connectivity index is 1.24. The second-order valence-electron chi connectivity index (χ2n) is 13.0. The number of oxazole rings is 1. The number of carbonyl (C=O) groups excluding carboxylic acids is 2. The van der Waals surface area contributed by atoms with Crippen LogP contribution in [0.2, 0.25) is 0 Å². The molecule has 2 aromatic heterocycles. The zero-order valence-corrected chi connectivity index (χ0v) is 26.7. The van der Waals surface area contributed by atoms with Gasteiger partial charge in [-0.25, -0.2) is 14.5 Å². The van der Waals surface area contributed by atoms with Gasteiger partial charge in [-0.15, -0.1) is 0 Å². The molecule has 1 atom stereocenters. The van der Waals surface area contributed by atoms with Gasteiger partial charge in [0.2, 0.25) is 0 Å². The number of nitrogens with zero attached hydrogens (tertiary/aromatic N) is 3. The maximum Gasteiger partial charge on any atom is 0.324 e. The Morgan fingerprint density at radius 1 is 0.957 bits per heavy atom. The number of benzene rings is 3. The van der Waals surface area contributed by atoms with Crippen molar-refractivity contribution in [3.8, 4) is 17.0 Å². The first-order valence-electron chi connectivity index (χ1n) is 15.7. The van der Waals surface area contributed by atoms with E-state index in [2.05, 4.69) is 41.7 Å². The van der Waals surface area contributed by atoms with E-state index >= 15 is 0 Å². The summed E-state index contributed by atoms with van der Waals surface area (Å²) < 4.78 is 7.18. The molecule has 2 amide bonds. The van der Waals surface area contributed by atoms with Crippen molar-refractivity contribution in [2.75, 3.05) is 23.7 Å². The number of aryl methyl sites for hydroxylation is 1. The van der Waals surface area contributed by atoms with Gasteiger partial charge >= 0.3 is 6.03 Å². The smallest absolute Gasteiger partial charge is 0.324 e. The van der Waals surface area contributed by atoms with Crippen molar-refractivity contribution in [3.63, 3.8) is 0 Å². The minimum absolute atomic E-state index is 0.0642. The second kappa shape index (κ2) is 13.1. The highest BCUT2D eigenvalue weighted by molar-refractivity contribution is 6.02. The van der Waals surface area contributed by atoms with Crippen LogP contribution in [-0.4, -0.2) is 39.7 Å². The Kier molecular flexibility index (Phi) is 8.85. The molecule has 0 radical (unpaired) electrons. The number of aromatic nitrogens is 3. The van der Waals surface area contributed by atoms with Crippen LogP contribution in [0.15, 0.2) is 95.9 Å². The first-order chi connectivity index (χ1) is 22.2. The molecule has 5 aromatic rings. The van der Waals surface area contributed by atoms with E-state index in [1.165, 1.54) is 6.39 Å². The molecule has 0 bridgehead atoms. The van der Waals surface area contributed by atoms with Crippen LogP contribution in [-0.2, 0) is 5.41 Å². The van der Waals surface area contributed by atoms with Crippen molar-refractivity contribution in [1.82, 2.24) is 20.1 Å². The maximum atomic E-state index is 14.1. The molecule has 46 heavy (non-hydrogen) atoms. The van der Waals surface area contributed by atoms with E-state index < -0.39 is 6.03 Å². The fourth-order valence-electron chi connectivity index (χ4n) is 5.96. The number of piperidine rings is 1. The van der Waals surface area contributed by atoms with Crippen molar-refractivity contribution in [2.24, 2.45) is 5.92 Å².